The highest BCUT2D eigenvalue weighted by Crippen LogP contribution is 2.38. The number of hydrogen-bond acceptors (Lipinski definition) is 4. The van der Waals surface area contributed by atoms with Gasteiger partial charge in [-0.1, -0.05) is 12.8 Å². The highest BCUT2D eigenvalue weighted by Gasteiger charge is 2.50. The normalized spacial score (nSPS) is 39.5. The molecule has 3 fully saturated rings. The zero-order chi connectivity index (χ0) is 19.1. The van der Waals surface area contributed by atoms with Crippen molar-refractivity contribution in [2.45, 2.75) is 93.6 Å². The van der Waals surface area contributed by atoms with E-state index in [0.29, 0.717) is 25.8 Å². The molecule has 5 unspecified atom stereocenters. The van der Waals surface area contributed by atoms with E-state index in [1.54, 1.807) is 18.3 Å². The van der Waals surface area contributed by atoms with Crippen LogP contribution in [0.1, 0.15) is 58.8 Å². The van der Waals surface area contributed by atoms with Gasteiger partial charge >= 0.3 is 0 Å². The summed E-state index contributed by atoms with van der Waals surface area (Å²) in [5.74, 6) is 0.0452. The Morgan fingerprint density at radius 3 is 2.38 bits per heavy atom. The van der Waals surface area contributed by atoms with Gasteiger partial charge in [-0.2, -0.15) is 4.31 Å². The lowest BCUT2D eigenvalue weighted by Gasteiger charge is -2.53. The molecule has 26 heavy (non-hydrogen) atoms. The fourth-order valence-electron chi connectivity index (χ4n) is 5.21. The molecule has 1 aliphatic heterocycles. The Labute approximate surface area is 162 Å². The van der Waals surface area contributed by atoms with Crippen molar-refractivity contribution in [3.05, 3.63) is 0 Å². The molecule has 2 aliphatic carbocycles. The van der Waals surface area contributed by atoms with Crippen molar-refractivity contribution in [2.75, 3.05) is 13.7 Å². The third-order valence-electron chi connectivity index (χ3n) is 6.38. The monoisotopic (exact) mass is 406 g/mol. The van der Waals surface area contributed by atoms with E-state index in [1.807, 2.05) is 11.8 Å². The van der Waals surface area contributed by atoms with E-state index in [-0.39, 0.29) is 35.5 Å². The predicted octanol–water partition coefficient (Wildman–Crippen LogP) is 2.35. The molecule has 0 bridgehead atoms. The summed E-state index contributed by atoms with van der Waals surface area (Å²) in [6, 6.07) is -0.225. The van der Waals surface area contributed by atoms with Crippen LogP contribution in [0.3, 0.4) is 0 Å². The third-order valence-corrected chi connectivity index (χ3v) is 9.16. The van der Waals surface area contributed by atoms with E-state index in [0.717, 1.165) is 25.7 Å². The van der Waals surface area contributed by atoms with Crippen molar-refractivity contribution in [2.24, 2.45) is 0 Å². The smallest absolute Gasteiger partial charge is 0.220 e. The Morgan fingerprint density at radius 2 is 1.77 bits per heavy atom. The fraction of sp³-hybridized carbons (Fsp3) is 0.944. The summed E-state index contributed by atoms with van der Waals surface area (Å²) in [6.07, 6.45) is 5.19. The van der Waals surface area contributed by atoms with Crippen molar-refractivity contribution in [3.63, 3.8) is 0 Å². The number of amides is 1. The van der Waals surface area contributed by atoms with Crippen LogP contribution >= 0.6 is 11.6 Å². The largest absolute Gasteiger partial charge is 0.380 e. The second-order valence-electron chi connectivity index (χ2n) is 8.03. The zero-order valence-electron chi connectivity index (χ0n) is 15.9. The molecule has 3 aliphatic rings. The van der Waals surface area contributed by atoms with E-state index < -0.39 is 15.3 Å². The quantitative estimate of drug-likeness (QED) is 0.675. The fourth-order valence-corrected chi connectivity index (χ4v) is 7.95. The minimum Gasteiger partial charge on any atom is -0.380 e. The molecule has 6 atom stereocenters. The first kappa shape index (κ1) is 20.4. The summed E-state index contributed by atoms with van der Waals surface area (Å²) in [7, 11) is -1.94. The molecule has 8 heteroatoms. The minimum absolute atomic E-state index is 0.00913. The van der Waals surface area contributed by atoms with Gasteiger partial charge in [-0.05, 0) is 39.0 Å². The van der Waals surface area contributed by atoms with E-state index >= 15 is 0 Å². The number of hydrogen-bond donors (Lipinski definition) is 0. The van der Waals surface area contributed by atoms with Crippen LogP contribution in [0.4, 0.5) is 0 Å². The van der Waals surface area contributed by atoms with E-state index in [1.165, 1.54) is 0 Å². The molecule has 0 aromatic carbocycles. The Balaban J connectivity index is 1.90. The molecule has 6 nitrogen and oxygen atoms in total. The maximum atomic E-state index is 13.6. The number of piperazine rings is 1. The summed E-state index contributed by atoms with van der Waals surface area (Å²) < 4.78 is 34.4. The van der Waals surface area contributed by atoms with Crippen LogP contribution in [-0.2, 0) is 19.6 Å². The van der Waals surface area contributed by atoms with Crippen molar-refractivity contribution < 1.29 is 17.9 Å². The molecular formula is C18H31ClN2O4S. The molecular weight excluding hydrogens is 376 g/mol. The van der Waals surface area contributed by atoms with Crippen molar-refractivity contribution >= 4 is 27.5 Å². The standard InChI is InChI=1S/C18H31ClN2O4S/c1-12-11-20(15-6-4-5-7-16(15)21(12)13(2)22)26(23,24)18-9-8-14(19)10-17(18)25-3/h12,14-18H,4-11H2,1-3H3/t12-,14?,15?,16?,17?,18?/m0/s1. The van der Waals surface area contributed by atoms with Crippen molar-refractivity contribution in [3.8, 4) is 0 Å². The third kappa shape index (κ3) is 3.64. The average Bonchev–Trinajstić information content (AvgIpc) is 2.60. The Bertz CT molecular complexity index is 629. The second kappa shape index (κ2) is 7.94. The van der Waals surface area contributed by atoms with Gasteiger partial charge in [0.2, 0.25) is 15.9 Å². The number of sulfonamides is 1. The highest BCUT2D eigenvalue weighted by atomic mass is 35.5. The van der Waals surface area contributed by atoms with Crippen LogP contribution < -0.4 is 0 Å². The Morgan fingerprint density at radius 1 is 1.12 bits per heavy atom. The van der Waals surface area contributed by atoms with Gasteiger partial charge in [0.05, 0.1) is 6.10 Å². The summed E-state index contributed by atoms with van der Waals surface area (Å²) in [6.45, 7) is 3.92. The molecule has 1 amide bonds. The summed E-state index contributed by atoms with van der Waals surface area (Å²) >= 11 is 6.25. The first-order chi connectivity index (χ1) is 12.3. The van der Waals surface area contributed by atoms with Gasteiger partial charge in [0.25, 0.3) is 0 Å². The molecule has 1 heterocycles. The zero-order valence-corrected chi connectivity index (χ0v) is 17.5. The van der Waals surface area contributed by atoms with Gasteiger partial charge in [-0.15, -0.1) is 11.6 Å². The summed E-state index contributed by atoms with van der Waals surface area (Å²) in [4.78, 5) is 14.1. The molecule has 0 radical (unpaired) electrons. The van der Waals surface area contributed by atoms with Gasteiger partial charge < -0.3 is 9.64 Å². The van der Waals surface area contributed by atoms with Gasteiger partial charge in [-0.25, -0.2) is 8.42 Å². The molecule has 1 saturated heterocycles. The second-order valence-corrected chi connectivity index (χ2v) is 10.8. The first-order valence-electron chi connectivity index (χ1n) is 9.73. The van der Waals surface area contributed by atoms with Crippen LogP contribution in [0.2, 0.25) is 0 Å². The topological polar surface area (TPSA) is 66.9 Å². The van der Waals surface area contributed by atoms with Gasteiger partial charge in [0.1, 0.15) is 5.25 Å². The number of carbonyl (C=O) groups is 1. The summed E-state index contributed by atoms with van der Waals surface area (Å²) in [5.41, 5.74) is 0. The molecule has 0 spiro atoms. The van der Waals surface area contributed by atoms with Crippen LogP contribution in [0.15, 0.2) is 0 Å². The molecule has 3 rings (SSSR count). The highest BCUT2D eigenvalue weighted by molar-refractivity contribution is 7.89. The lowest BCUT2D eigenvalue weighted by molar-refractivity contribution is -0.139. The number of rotatable bonds is 3. The number of carbonyl (C=O) groups excluding carboxylic acids is 1. The number of fused-ring (bicyclic) bond motifs is 1. The molecule has 0 aromatic heterocycles. The number of nitrogens with zero attached hydrogens (tertiary/aromatic N) is 2. The number of halogens is 1. The van der Waals surface area contributed by atoms with Crippen molar-refractivity contribution in [1.82, 2.24) is 9.21 Å². The Hall–Kier alpha value is -0.370. The summed E-state index contributed by atoms with van der Waals surface area (Å²) in [5, 5.41) is -0.566. The van der Waals surface area contributed by atoms with E-state index in [4.69, 9.17) is 16.3 Å². The number of alkyl halides is 1. The van der Waals surface area contributed by atoms with Crippen LogP contribution in [0.25, 0.3) is 0 Å². The first-order valence-corrected chi connectivity index (χ1v) is 11.7. The lowest BCUT2D eigenvalue weighted by Crippen LogP contribution is -2.67. The predicted molar refractivity (Wildman–Crippen MR) is 102 cm³/mol. The van der Waals surface area contributed by atoms with Crippen LogP contribution in [0.5, 0.6) is 0 Å². The van der Waals surface area contributed by atoms with Crippen LogP contribution in [0, 0.1) is 0 Å². The Kier molecular flexibility index (Phi) is 6.22. The van der Waals surface area contributed by atoms with Gasteiger partial charge in [0, 0.05) is 44.1 Å². The van der Waals surface area contributed by atoms with Crippen molar-refractivity contribution in [1.29, 1.82) is 0 Å². The van der Waals surface area contributed by atoms with E-state index in [9.17, 15) is 13.2 Å². The lowest BCUT2D eigenvalue weighted by atomic mass is 9.86. The van der Waals surface area contributed by atoms with E-state index in [2.05, 4.69) is 0 Å². The average molecular weight is 407 g/mol. The SMILES string of the molecule is COC1CC(Cl)CCC1S(=O)(=O)N1C[C@H](C)N(C(C)=O)C2CCCCC21. The molecule has 150 valence electrons. The number of ether oxygens (including phenoxy) is 1. The molecule has 2 saturated carbocycles. The number of methoxy groups -OCH3 is 1. The van der Waals surface area contributed by atoms with Crippen LogP contribution in [-0.4, -0.2) is 72.0 Å². The maximum Gasteiger partial charge on any atom is 0.220 e. The maximum absolute atomic E-state index is 13.6. The van der Waals surface area contributed by atoms with Gasteiger partial charge in [0.15, 0.2) is 0 Å². The van der Waals surface area contributed by atoms with Gasteiger partial charge in [-0.3, -0.25) is 4.79 Å². The minimum atomic E-state index is -3.51. The molecule has 0 aromatic rings. The molecule has 0 N–H and O–H groups in total.